The van der Waals surface area contributed by atoms with Crippen LogP contribution in [-0.4, -0.2) is 29.0 Å². The predicted molar refractivity (Wildman–Crippen MR) is 85.2 cm³/mol. The van der Waals surface area contributed by atoms with Crippen molar-refractivity contribution in [3.05, 3.63) is 16.7 Å². The van der Waals surface area contributed by atoms with Crippen molar-refractivity contribution in [2.45, 2.75) is 39.7 Å². The molecule has 0 bridgehead atoms. The van der Waals surface area contributed by atoms with Crippen LogP contribution in [0, 0.1) is 0 Å². The summed E-state index contributed by atoms with van der Waals surface area (Å²) >= 11 is 3.33. The third kappa shape index (κ3) is 6.12. The fourth-order valence-electron chi connectivity index (χ4n) is 1.51. The number of amides is 1. The maximum Gasteiger partial charge on any atom is 0.302 e. The molecule has 2 N–H and O–H groups in total. The number of nitrogens with one attached hydrogen (secondary N) is 2. The Kier molecular flexibility index (Phi) is 6.14. The second kappa shape index (κ2) is 7.40. The van der Waals surface area contributed by atoms with Crippen molar-refractivity contribution < 1.29 is 14.3 Å². The lowest BCUT2D eigenvalue weighted by molar-refractivity contribution is -0.142. The Morgan fingerprint density at radius 3 is 2.67 bits per heavy atom. The molecule has 0 spiro atoms. The Balaban J connectivity index is 2.90. The molecular formula is C14H20BrN3O3. The van der Waals surface area contributed by atoms with E-state index in [0.717, 1.165) is 4.47 Å². The van der Waals surface area contributed by atoms with Gasteiger partial charge in [-0.25, -0.2) is 4.98 Å². The quantitative estimate of drug-likeness (QED) is 0.765. The number of carbonyl (C=O) groups is 2. The van der Waals surface area contributed by atoms with E-state index in [1.165, 1.54) is 6.92 Å². The van der Waals surface area contributed by atoms with Crippen molar-refractivity contribution in [2.75, 3.05) is 17.2 Å². The zero-order valence-electron chi connectivity index (χ0n) is 12.6. The lowest BCUT2D eigenvalue weighted by atomic mass is 10.1. The first-order valence-electron chi connectivity index (χ1n) is 6.60. The van der Waals surface area contributed by atoms with Crippen molar-refractivity contribution in [1.82, 2.24) is 4.98 Å². The highest BCUT2D eigenvalue weighted by atomic mass is 79.9. The van der Waals surface area contributed by atoms with E-state index in [-0.39, 0.29) is 18.5 Å². The van der Waals surface area contributed by atoms with Crippen LogP contribution in [0.1, 0.15) is 34.1 Å². The summed E-state index contributed by atoms with van der Waals surface area (Å²) in [5, 5.41) is 5.96. The molecule has 0 aliphatic carbocycles. The first-order chi connectivity index (χ1) is 9.73. The van der Waals surface area contributed by atoms with Crippen LogP contribution in [0.3, 0.4) is 0 Å². The second-order valence-electron chi connectivity index (χ2n) is 5.24. The molecule has 1 amide bonds. The molecule has 6 nitrogen and oxygen atoms in total. The molecule has 1 heterocycles. The minimum absolute atomic E-state index is 0.101. The predicted octanol–water partition coefficient (Wildman–Crippen LogP) is 2.95. The number of anilines is 2. The Morgan fingerprint density at radius 1 is 1.43 bits per heavy atom. The van der Waals surface area contributed by atoms with Crippen LogP contribution in [0.15, 0.2) is 16.7 Å². The molecule has 0 saturated heterocycles. The van der Waals surface area contributed by atoms with Gasteiger partial charge in [0.05, 0.1) is 11.2 Å². The Hall–Kier alpha value is -1.63. The third-order valence-corrected chi connectivity index (χ3v) is 2.98. The van der Waals surface area contributed by atoms with Crippen molar-refractivity contribution in [2.24, 2.45) is 0 Å². The normalized spacial score (nSPS) is 10.9. The number of aromatic nitrogens is 1. The highest BCUT2D eigenvalue weighted by Gasteiger charge is 2.22. The number of hydrogen-bond donors (Lipinski definition) is 2. The molecule has 0 aromatic carbocycles. The zero-order valence-corrected chi connectivity index (χ0v) is 14.2. The van der Waals surface area contributed by atoms with Crippen molar-refractivity contribution in [3.8, 4) is 0 Å². The summed E-state index contributed by atoms with van der Waals surface area (Å²) in [5.41, 5.74) is 0.0604. The molecule has 0 saturated carbocycles. The SMILES string of the molecule is CCC(=O)Nc1cc(Br)cnc1NC(C)(C)COC(C)=O. The standard InChI is InChI=1S/C14H20BrN3O3/c1-5-12(20)17-11-6-10(15)7-16-13(11)18-14(3,4)8-21-9(2)19/h6-7H,5,8H2,1-4H3,(H,16,18)(H,17,20). The minimum atomic E-state index is -0.516. The Morgan fingerprint density at radius 2 is 2.10 bits per heavy atom. The summed E-state index contributed by atoms with van der Waals surface area (Å²) in [6.45, 7) is 7.09. The summed E-state index contributed by atoms with van der Waals surface area (Å²) in [5.74, 6) is 0.0843. The number of halogens is 1. The fourth-order valence-corrected chi connectivity index (χ4v) is 1.84. The van der Waals surface area contributed by atoms with Gasteiger partial charge in [-0.2, -0.15) is 0 Å². The largest absolute Gasteiger partial charge is 0.463 e. The van der Waals surface area contributed by atoms with E-state index in [9.17, 15) is 9.59 Å². The monoisotopic (exact) mass is 357 g/mol. The van der Waals surface area contributed by atoms with E-state index < -0.39 is 5.54 Å². The van der Waals surface area contributed by atoms with Gasteiger partial charge in [-0.1, -0.05) is 6.92 Å². The van der Waals surface area contributed by atoms with Gasteiger partial charge in [0.25, 0.3) is 0 Å². The van der Waals surface area contributed by atoms with Crippen LogP contribution in [0.4, 0.5) is 11.5 Å². The second-order valence-corrected chi connectivity index (χ2v) is 6.16. The average molecular weight is 358 g/mol. The number of ether oxygens (including phenoxy) is 1. The van der Waals surface area contributed by atoms with Gasteiger partial charge in [0, 0.05) is 24.0 Å². The number of rotatable bonds is 6. The molecule has 0 aliphatic heterocycles. The fraction of sp³-hybridized carbons (Fsp3) is 0.500. The topological polar surface area (TPSA) is 80.3 Å². The van der Waals surface area contributed by atoms with Gasteiger partial charge in [0.15, 0.2) is 0 Å². The van der Waals surface area contributed by atoms with Crippen molar-refractivity contribution in [1.29, 1.82) is 0 Å². The molecule has 1 aromatic rings. The van der Waals surface area contributed by atoms with E-state index in [2.05, 4.69) is 31.5 Å². The molecule has 7 heteroatoms. The van der Waals surface area contributed by atoms with E-state index >= 15 is 0 Å². The highest BCUT2D eigenvalue weighted by Crippen LogP contribution is 2.26. The van der Waals surface area contributed by atoms with Crippen LogP contribution >= 0.6 is 15.9 Å². The van der Waals surface area contributed by atoms with E-state index in [1.54, 1.807) is 19.2 Å². The summed E-state index contributed by atoms with van der Waals surface area (Å²) in [7, 11) is 0. The molecule has 0 unspecified atom stereocenters. The summed E-state index contributed by atoms with van der Waals surface area (Å²) in [4.78, 5) is 26.7. The van der Waals surface area contributed by atoms with Gasteiger partial charge in [0.1, 0.15) is 12.4 Å². The van der Waals surface area contributed by atoms with Crippen LogP contribution in [0.5, 0.6) is 0 Å². The zero-order chi connectivity index (χ0) is 16.0. The third-order valence-electron chi connectivity index (χ3n) is 2.54. The van der Waals surface area contributed by atoms with E-state index in [0.29, 0.717) is 17.9 Å². The molecule has 0 atom stereocenters. The van der Waals surface area contributed by atoms with Crippen molar-refractivity contribution >= 4 is 39.3 Å². The van der Waals surface area contributed by atoms with Crippen molar-refractivity contribution in [3.63, 3.8) is 0 Å². The maximum absolute atomic E-state index is 11.6. The lowest BCUT2D eigenvalue weighted by Crippen LogP contribution is -2.37. The summed E-state index contributed by atoms with van der Waals surface area (Å²) in [6.07, 6.45) is 2.01. The van der Waals surface area contributed by atoms with Crippen LogP contribution in [-0.2, 0) is 14.3 Å². The number of esters is 1. The molecule has 1 aromatic heterocycles. The molecule has 116 valence electrons. The Bertz CT molecular complexity index is 532. The number of nitrogens with zero attached hydrogens (tertiary/aromatic N) is 1. The van der Waals surface area contributed by atoms with E-state index in [4.69, 9.17) is 4.74 Å². The molecule has 1 rings (SSSR count). The van der Waals surface area contributed by atoms with Gasteiger partial charge in [0.2, 0.25) is 5.91 Å². The Labute approximate surface area is 132 Å². The lowest BCUT2D eigenvalue weighted by Gasteiger charge is -2.27. The van der Waals surface area contributed by atoms with Gasteiger partial charge in [-0.3, -0.25) is 9.59 Å². The van der Waals surface area contributed by atoms with Gasteiger partial charge < -0.3 is 15.4 Å². The first kappa shape index (κ1) is 17.4. The molecule has 0 aliphatic rings. The smallest absolute Gasteiger partial charge is 0.302 e. The number of hydrogen-bond acceptors (Lipinski definition) is 5. The van der Waals surface area contributed by atoms with E-state index in [1.807, 2.05) is 13.8 Å². The van der Waals surface area contributed by atoms with Gasteiger partial charge in [-0.05, 0) is 35.8 Å². The van der Waals surface area contributed by atoms with Gasteiger partial charge in [-0.15, -0.1) is 0 Å². The summed E-state index contributed by atoms with van der Waals surface area (Å²) < 4.78 is 5.78. The molecule has 0 fully saturated rings. The van der Waals surface area contributed by atoms with Crippen LogP contribution < -0.4 is 10.6 Å². The number of pyridine rings is 1. The molecule has 0 radical (unpaired) electrons. The van der Waals surface area contributed by atoms with Crippen LogP contribution in [0.25, 0.3) is 0 Å². The number of carbonyl (C=O) groups excluding carboxylic acids is 2. The summed E-state index contributed by atoms with van der Waals surface area (Å²) in [6, 6.07) is 1.77. The average Bonchev–Trinajstić information content (AvgIpc) is 2.39. The first-order valence-corrected chi connectivity index (χ1v) is 7.40. The molecular weight excluding hydrogens is 338 g/mol. The molecule has 21 heavy (non-hydrogen) atoms. The minimum Gasteiger partial charge on any atom is -0.463 e. The van der Waals surface area contributed by atoms with Crippen LogP contribution in [0.2, 0.25) is 0 Å². The maximum atomic E-state index is 11.6. The highest BCUT2D eigenvalue weighted by molar-refractivity contribution is 9.10. The van der Waals surface area contributed by atoms with Gasteiger partial charge >= 0.3 is 5.97 Å².